The number of aromatic nitrogens is 2. The van der Waals surface area contributed by atoms with Crippen molar-refractivity contribution in [2.75, 3.05) is 18.0 Å². The van der Waals surface area contributed by atoms with Crippen molar-refractivity contribution < 1.29 is 0 Å². The van der Waals surface area contributed by atoms with Gasteiger partial charge in [-0.15, -0.1) is 0 Å². The number of hydrogen-bond acceptors (Lipinski definition) is 4. The maximum absolute atomic E-state index is 9.47. The second-order valence-electron chi connectivity index (χ2n) is 6.62. The summed E-state index contributed by atoms with van der Waals surface area (Å²) in [4.78, 5) is 11.4. The maximum atomic E-state index is 9.47. The summed E-state index contributed by atoms with van der Waals surface area (Å²) in [6, 6.07) is 8.02. The first kappa shape index (κ1) is 13.6. The van der Waals surface area contributed by atoms with E-state index in [-0.39, 0.29) is 6.71 Å². The van der Waals surface area contributed by atoms with E-state index in [1.165, 1.54) is 12.8 Å². The van der Waals surface area contributed by atoms with Crippen LogP contribution in [0.25, 0.3) is 11.0 Å². The molecule has 1 aliphatic carbocycles. The summed E-state index contributed by atoms with van der Waals surface area (Å²) in [5.41, 5.74) is 1.88. The van der Waals surface area contributed by atoms with Crippen molar-refractivity contribution >= 4 is 23.6 Å². The molecule has 2 aliphatic rings. The van der Waals surface area contributed by atoms with Gasteiger partial charge in [-0.2, -0.15) is 0 Å². The van der Waals surface area contributed by atoms with Gasteiger partial charge in [0.2, 0.25) is 0 Å². The topological polar surface area (TPSA) is 52.8 Å². The molecule has 0 N–H and O–H groups in total. The highest BCUT2D eigenvalue weighted by atomic mass is 15.2. The Hall–Kier alpha value is -2.09. The van der Waals surface area contributed by atoms with Gasteiger partial charge in [-0.3, -0.25) is 4.98 Å². The summed E-state index contributed by atoms with van der Waals surface area (Å²) >= 11 is 0. The lowest BCUT2D eigenvalue weighted by atomic mass is 9.39. The number of anilines is 1. The molecule has 2 aromatic rings. The van der Waals surface area contributed by atoms with E-state index in [4.69, 9.17) is 4.98 Å². The molecular formula is C17H19BN4. The monoisotopic (exact) mass is 290 g/mol. The van der Waals surface area contributed by atoms with Gasteiger partial charge in [-0.05, 0) is 42.4 Å². The van der Waals surface area contributed by atoms with E-state index in [0.717, 1.165) is 48.6 Å². The first-order chi connectivity index (χ1) is 10.8. The Kier molecular flexibility index (Phi) is 3.46. The molecular weight excluding hydrogens is 271 g/mol. The standard InChI is InChI=1S/C17H19BN4/c19-12-18(10-13-3-4-13)14-7-9-22(11-14)17-6-5-15-16(21-17)2-1-8-20-15/h1-2,5-6,8,13-14H,3-4,7,9-11H2. The van der Waals surface area contributed by atoms with E-state index in [1.807, 2.05) is 18.2 Å². The van der Waals surface area contributed by atoms with Gasteiger partial charge in [-0.25, -0.2) is 10.2 Å². The van der Waals surface area contributed by atoms with Crippen molar-refractivity contribution in [2.24, 2.45) is 5.92 Å². The molecule has 0 radical (unpaired) electrons. The van der Waals surface area contributed by atoms with E-state index in [9.17, 15) is 5.26 Å². The van der Waals surface area contributed by atoms with E-state index in [0.29, 0.717) is 5.82 Å². The van der Waals surface area contributed by atoms with Crippen LogP contribution >= 0.6 is 0 Å². The number of rotatable bonds is 4. The van der Waals surface area contributed by atoms with Gasteiger partial charge < -0.3 is 4.90 Å². The maximum Gasteiger partial charge on any atom is 0.273 e. The molecule has 1 unspecified atom stereocenters. The van der Waals surface area contributed by atoms with E-state index >= 15 is 0 Å². The quantitative estimate of drug-likeness (QED) is 0.811. The van der Waals surface area contributed by atoms with Gasteiger partial charge in [0.05, 0.1) is 11.0 Å². The number of fused-ring (bicyclic) bond motifs is 1. The molecule has 4 rings (SSSR count). The first-order valence-electron chi connectivity index (χ1n) is 8.20. The summed E-state index contributed by atoms with van der Waals surface area (Å²) in [5, 5.41) is 9.47. The van der Waals surface area contributed by atoms with Crippen molar-refractivity contribution in [3.05, 3.63) is 30.5 Å². The number of hydrogen-bond donors (Lipinski definition) is 0. The highest BCUT2D eigenvalue weighted by molar-refractivity contribution is 6.68. The zero-order valence-electron chi connectivity index (χ0n) is 12.7. The molecule has 0 spiro atoms. The molecule has 1 atom stereocenters. The minimum Gasteiger partial charge on any atom is -0.357 e. The van der Waals surface area contributed by atoms with Crippen LogP contribution in [-0.4, -0.2) is 29.8 Å². The van der Waals surface area contributed by atoms with Crippen molar-refractivity contribution in [3.8, 4) is 5.97 Å². The van der Waals surface area contributed by atoms with Crippen molar-refractivity contribution in [1.82, 2.24) is 9.97 Å². The molecule has 5 heteroatoms. The molecule has 1 saturated carbocycles. The minimum atomic E-state index is 0.222. The van der Waals surface area contributed by atoms with E-state index in [2.05, 4.69) is 21.9 Å². The lowest BCUT2D eigenvalue weighted by Crippen LogP contribution is -2.25. The number of nitriles is 1. The molecule has 3 heterocycles. The van der Waals surface area contributed by atoms with Crippen LogP contribution in [0.4, 0.5) is 5.82 Å². The fourth-order valence-corrected chi connectivity index (χ4v) is 3.51. The highest BCUT2D eigenvalue weighted by Crippen LogP contribution is 2.38. The third kappa shape index (κ3) is 2.66. The molecule has 2 fully saturated rings. The molecule has 0 aromatic carbocycles. The van der Waals surface area contributed by atoms with Gasteiger partial charge in [0.1, 0.15) is 5.82 Å². The molecule has 0 amide bonds. The van der Waals surface area contributed by atoms with Crippen LogP contribution in [0, 0.1) is 17.1 Å². The van der Waals surface area contributed by atoms with Gasteiger partial charge in [0.15, 0.2) is 0 Å². The van der Waals surface area contributed by atoms with Crippen LogP contribution in [0.15, 0.2) is 30.5 Å². The Morgan fingerprint density at radius 1 is 1.23 bits per heavy atom. The molecule has 2 aromatic heterocycles. The second kappa shape index (κ2) is 5.60. The van der Waals surface area contributed by atoms with Gasteiger partial charge >= 0.3 is 0 Å². The predicted octanol–water partition coefficient (Wildman–Crippen LogP) is 3.18. The van der Waals surface area contributed by atoms with Gasteiger partial charge in [0.25, 0.3) is 6.71 Å². The fraction of sp³-hybridized carbons (Fsp3) is 0.471. The smallest absolute Gasteiger partial charge is 0.273 e. The summed E-state index contributed by atoms with van der Waals surface area (Å²) < 4.78 is 0. The van der Waals surface area contributed by atoms with Crippen LogP contribution in [0.2, 0.25) is 12.1 Å². The minimum absolute atomic E-state index is 0.222. The molecule has 4 nitrogen and oxygen atoms in total. The van der Waals surface area contributed by atoms with Crippen molar-refractivity contribution in [3.63, 3.8) is 0 Å². The normalized spacial score (nSPS) is 21.0. The van der Waals surface area contributed by atoms with Crippen LogP contribution < -0.4 is 4.90 Å². The largest absolute Gasteiger partial charge is 0.357 e. The first-order valence-corrected chi connectivity index (χ1v) is 8.20. The molecule has 1 aliphatic heterocycles. The summed E-state index contributed by atoms with van der Waals surface area (Å²) in [7, 11) is 0. The Balaban J connectivity index is 1.49. The highest BCUT2D eigenvalue weighted by Gasteiger charge is 2.37. The summed E-state index contributed by atoms with van der Waals surface area (Å²) in [6.45, 7) is 2.19. The van der Waals surface area contributed by atoms with Crippen molar-refractivity contribution in [2.45, 2.75) is 31.4 Å². The van der Waals surface area contributed by atoms with Gasteiger partial charge in [-0.1, -0.05) is 19.2 Å². The lowest BCUT2D eigenvalue weighted by molar-refractivity contribution is 0.874. The third-order valence-corrected chi connectivity index (χ3v) is 5.01. The Morgan fingerprint density at radius 2 is 2.14 bits per heavy atom. The van der Waals surface area contributed by atoms with Crippen LogP contribution in [0.5, 0.6) is 0 Å². The van der Waals surface area contributed by atoms with Crippen LogP contribution in [0.1, 0.15) is 19.3 Å². The second-order valence-corrected chi connectivity index (χ2v) is 6.62. The SMILES string of the molecule is N#CB(CC1CC1)C1CCN(c2ccc3ncccc3n2)C1. The predicted molar refractivity (Wildman–Crippen MR) is 89.0 cm³/mol. The van der Waals surface area contributed by atoms with Crippen LogP contribution in [-0.2, 0) is 0 Å². The van der Waals surface area contributed by atoms with Crippen molar-refractivity contribution in [1.29, 1.82) is 5.26 Å². The summed E-state index contributed by atoms with van der Waals surface area (Å²) in [6.07, 6.45) is 6.66. The Bertz CT molecular complexity index is 722. The van der Waals surface area contributed by atoms with Crippen LogP contribution in [0.3, 0.4) is 0 Å². The zero-order valence-corrected chi connectivity index (χ0v) is 12.7. The average molecular weight is 290 g/mol. The molecule has 110 valence electrons. The zero-order chi connectivity index (χ0) is 14.9. The summed E-state index contributed by atoms with van der Waals surface area (Å²) in [5.74, 6) is 4.90. The third-order valence-electron chi connectivity index (χ3n) is 5.01. The lowest BCUT2D eigenvalue weighted by Gasteiger charge is -2.18. The fourth-order valence-electron chi connectivity index (χ4n) is 3.51. The van der Waals surface area contributed by atoms with E-state index < -0.39 is 0 Å². The Morgan fingerprint density at radius 3 is 2.95 bits per heavy atom. The molecule has 1 saturated heterocycles. The number of pyridine rings is 2. The van der Waals surface area contributed by atoms with Gasteiger partial charge in [0, 0.05) is 25.3 Å². The average Bonchev–Trinajstić information content (AvgIpc) is 3.26. The van der Waals surface area contributed by atoms with E-state index in [1.54, 1.807) is 6.20 Å². The Labute approximate surface area is 131 Å². The molecule has 22 heavy (non-hydrogen) atoms. The molecule has 0 bridgehead atoms. The number of nitrogens with zero attached hydrogens (tertiary/aromatic N) is 4.